The highest BCUT2D eigenvalue weighted by atomic mass is 35.5. The van der Waals surface area contributed by atoms with Crippen LogP contribution in [-0.2, 0) is 4.84 Å². The van der Waals surface area contributed by atoms with E-state index in [0.717, 1.165) is 12.3 Å². The number of alkyl halides is 3. The first-order chi connectivity index (χ1) is 8.70. The normalized spacial score (nSPS) is 11.2. The van der Waals surface area contributed by atoms with Gasteiger partial charge in [0.2, 0.25) is 0 Å². The number of hydrogen-bond donors (Lipinski definition) is 1. The molecule has 104 valence electrons. The van der Waals surface area contributed by atoms with Crippen LogP contribution in [0.1, 0.15) is 10.4 Å². The summed E-state index contributed by atoms with van der Waals surface area (Å²) in [6.45, 7) is -1.71. The van der Waals surface area contributed by atoms with E-state index in [2.05, 4.69) is 9.82 Å². The molecule has 1 N–H and O–H groups in total. The molecule has 11 heteroatoms. The van der Waals surface area contributed by atoms with Crippen LogP contribution in [0.4, 0.5) is 18.9 Å². The predicted molar refractivity (Wildman–Crippen MR) is 55.4 cm³/mol. The molecule has 0 aliphatic rings. The van der Waals surface area contributed by atoms with Crippen molar-refractivity contribution in [2.24, 2.45) is 0 Å². The first kappa shape index (κ1) is 15.1. The lowest BCUT2D eigenvalue weighted by Gasteiger charge is -2.08. The molecule has 1 aromatic rings. The van der Waals surface area contributed by atoms with Crippen molar-refractivity contribution in [2.45, 2.75) is 6.18 Å². The number of halogens is 4. The molecular formula is C8H5ClF3N3O4. The number of hydrogen-bond acceptors (Lipinski definition) is 5. The lowest BCUT2D eigenvalue weighted by atomic mass is 10.2. The number of carbonyl (C=O) groups excluding carboxylic acids is 1. The maximum absolute atomic E-state index is 11.8. The third kappa shape index (κ3) is 4.67. The average molecular weight is 300 g/mol. The Morgan fingerprint density at radius 2 is 2.21 bits per heavy atom. The second-order valence-corrected chi connectivity index (χ2v) is 3.48. The fourth-order valence-corrected chi connectivity index (χ4v) is 1.12. The van der Waals surface area contributed by atoms with Gasteiger partial charge >= 0.3 is 6.18 Å². The van der Waals surface area contributed by atoms with E-state index in [0.29, 0.717) is 0 Å². The molecule has 0 saturated carbocycles. The van der Waals surface area contributed by atoms with Gasteiger partial charge < -0.3 is 0 Å². The van der Waals surface area contributed by atoms with E-state index < -0.39 is 40.0 Å². The Morgan fingerprint density at radius 3 is 2.74 bits per heavy atom. The number of nitrogens with zero attached hydrogens (tertiary/aromatic N) is 2. The summed E-state index contributed by atoms with van der Waals surface area (Å²) in [4.78, 5) is 28.2. The minimum Gasteiger partial charge on any atom is -0.267 e. The van der Waals surface area contributed by atoms with Gasteiger partial charge in [-0.05, 0) is 0 Å². The minimum atomic E-state index is -4.63. The summed E-state index contributed by atoms with van der Waals surface area (Å²) in [6.07, 6.45) is -3.83. The quantitative estimate of drug-likeness (QED) is 0.520. The van der Waals surface area contributed by atoms with Crippen molar-refractivity contribution in [2.75, 3.05) is 6.61 Å². The Morgan fingerprint density at radius 1 is 1.58 bits per heavy atom. The molecule has 7 nitrogen and oxygen atoms in total. The third-order valence-corrected chi connectivity index (χ3v) is 1.98. The molecule has 0 aromatic carbocycles. The molecule has 1 aromatic heterocycles. The van der Waals surface area contributed by atoms with Crippen molar-refractivity contribution in [1.29, 1.82) is 0 Å². The van der Waals surface area contributed by atoms with E-state index in [1.807, 2.05) is 0 Å². The lowest BCUT2D eigenvalue weighted by Crippen LogP contribution is -2.29. The van der Waals surface area contributed by atoms with Gasteiger partial charge in [0.1, 0.15) is 11.3 Å². The summed E-state index contributed by atoms with van der Waals surface area (Å²) in [7, 11) is 0. The SMILES string of the molecule is O=C(NOCC(F)(F)F)c1cc([N+](=O)[O-])cnc1Cl. The van der Waals surface area contributed by atoms with Gasteiger partial charge in [0.25, 0.3) is 11.6 Å². The molecule has 0 fully saturated rings. The van der Waals surface area contributed by atoms with E-state index in [4.69, 9.17) is 11.6 Å². The summed E-state index contributed by atoms with van der Waals surface area (Å²) in [5.74, 6) is -1.18. The van der Waals surface area contributed by atoms with Crippen molar-refractivity contribution in [3.8, 4) is 0 Å². The van der Waals surface area contributed by atoms with E-state index in [1.54, 1.807) is 0 Å². The van der Waals surface area contributed by atoms with Gasteiger partial charge in [0.05, 0.1) is 10.5 Å². The van der Waals surface area contributed by atoms with Crippen LogP contribution in [0.25, 0.3) is 0 Å². The molecule has 1 rings (SSSR count). The van der Waals surface area contributed by atoms with Crippen LogP contribution in [0, 0.1) is 10.1 Å². The molecule has 0 unspecified atom stereocenters. The molecular weight excluding hydrogens is 295 g/mol. The summed E-state index contributed by atoms with van der Waals surface area (Å²) < 4.78 is 35.3. The maximum Gasteiger partial charge on any atom is 0.414 e. The van der Waals surface area contributed by atoms with Crippen LogP contribution in [0.3, 0.4) is 0 Å². The predicted octanol–water partition coefficient (Wildman–Crippen LogP) is 1.87. The Bertz CT molecular complexity index is 509. The van der Waals surface area contributed by atoms with Crippen molar-refractivity contribution in [1.82, 2.24) is 10.5 Å². The van der Waals surface area contributed by atoms with Gasteiger partial charge in [-0.15, -0.1) is 0 Å². The molecule has 0 aliphatic carbocycles. The van der Waals surface area contributed by atoms with Crippen LogP contribution < -0.4 is 5.48 Å². The standard InChI is InChI=1S/C8H5ClF3N3O4/c9-6-5(1-4(2-13-6)15(17)18)7(16)14-19-3-8(10,11)12/h1-2H,3H2,(H,14,16). The second kappa shape index (κ2) is 5.80. The maximum atomic E-state index is 11.8. The fraction of sp³-hybridized carbons (Fsp3) is 0.250. The van der Waals surface area contributed by atoms with Crippen LogP contribution >= 0.6 is 11.6 Å². The number of amides is 1. The minimum absolute atomic E-state index is 0.404. The summed E-state index contributed by atoms with van der Waals surface area (Å²) >= 11 is 5.49. The monoisotopic (exact) mass is 299 g/mol. The number of hydroxylamine groups is 1. The Balaban J connectivity index is 2.76. The van der Waals surface area contributed by atoms with Gasteiger partial charge in [-0.2, -0.15) is 13.2 Å². The third-order valence-electron chi connectivity index (χ3n) is 1.68. The molecule has 0 spiro atoms. The largest absolute Gasteiger partial charge is 0.414 e. The van der Waals surface area contributed by atoms with Gasteiger partial charge in [-0.3, -0.25) is 19.7 Å². The number of nitrogens with one attached hydrogen (secondary N) is 1. The molecule has 0 atom stereocenters. The first-order valence-electron chi connectivity index (χ1n) is 4.49. The Labute approximate surface area is 108 Å². The van der Waals surface area contributed by atoms with Crippen LogP contribution in [-0.4, -0.2) is 28.6 Å². The molecule has 0 aliphatic heterocycles. The van der Waals surface area contributed by atoms with E-state index in [1.165, 1.54) is 5.48 Å². The zero-order valence-corrected chi connectivity index (χ0v) is 9.66. The van der Waals surface area contributed by atoms with Gasteiger partial charge in [-0.25, -0.2) is 10.5 Å². The highest BCUT2D eigenvalue weighted by Crippen LogP contribution is 2.19. The number of carbonyl (C=O) groups is 1. The average Bonchev–Trinajstić information content (AvgIpc) is 2.27. The van der Waals surface area contributed by atoms with Gasteiger partial charge in [0, 0.05) is 6.07 Å². The van der Waals surface area contributed by atoms with Gasteiger partial charge in [-0.1, -0.05) is 11.6 Å². The summed E-state index contributed by atoms with van der Waals surface area (Å²) in [5.41, 5.74) is 0.446. The zero-order valence-electron chi connectivity index (χ0n) is 8.90. The lowest BCUT2D eigenvalue weighted by molar-refractivity contribution is -0.385. The molecule has 1 amide bonds. The van der Waals surface area contributed by atoms with Crippen molar-refractivity contribution in [3.63, 3.8) is 0 Å². The molecule has 1 heterocycles. The van der Waals surface area contributed by atoms with Crippen molar-refractivity contribution in [3.05, 3.63) is 33.1 Å². The number of rotatable bonds is 4. The summed E-state index contributed by atoms with van der Waals surface area (Å²) in [6, 6.07) is 0.765. The van der Waals surface area contributed by atoms with Crippen LogP contribution in [0.2, 0.25) is 5.15 Å². The highest BCUT2D eigenvalue weighted by molar-refractivity contribution is 6.32. The first-order valence-corrected chi connectivity index (χ1v) is 4.87. The second-order valence-electron chi connectivity index (χ2n) is 3.12. The van der Waals surface area contributed by atoms with E-state index in [-0.39, 0.29) is 0 Å². The zero-order chi connectivity index (χ0) is 14.6. The Kier molecular flexibility index (Phi) is 4.62. The van der Waals surface area contributed by atoms with Crippen LogP contribution in [0.15, 0.2) is 12.3 Å². The van der Waals surface area contributed by atoms with Crippen molar-refractivity contribution < 1.29 is 27.7 Å². The van der Waals surface area contributed by atoms with E-state index >= 15 is 0 Å². The Hall–Kier alpha value is -1.94. The summed E-state index contributed by atoms with van der Waals surface area (Å²) in [5, 5.41) is 10.0. The smallest absolute Gasteiger partial charge is 0.267 e. The molecule has 0 radical (unpaired) electrons. The number of nitro groups is 1. The fourth-order valence-electron chi connectivity index (χ4n) is 0.935. The number of pyridine rings is 1. The highest BCUT2D eigenvalue weighted by Gasteiger charge is 2.28. The van der Waals surface area contributed by atoms with Gasteiger partial charge in [0.15, 0.2) is 6.61 Å². The molecule has 19 heavy (non-hydrogen) atoms. The topological polar surface area (TPSA) is 94.4 Å². The van der Waals surface area contributed by atoms with Crippen LogP contribution in [0.5, 0.6) is 0 Å². The molecule has 0 saturated heterocycles. The number of aromatic nitrogens is 1. The van der Waals surface area contributed by atoms with E-state index in [9.17, 15) is 28.1 Å². The van der Waals surface area contributed by atoms with Crippen molar-refractivity contribution >= 4 is 23.2 Å². The molecule has 0 bridgehead atoms.